The summed E-state index contributed by atoms with van der Waals surface area (Å²) in [5.74, 6) is 0.301. The lowest BCUT2D eigenvalue weighted by atomic mass is 10.1. The van der Waals surface area contributed by atoms with Crippen LogP contribution in [0.25, 0.3) is 0 Å². The summed E-state index contributed by atoms with van der Waals surface area (Å²) in [6.07, 6.45) is 0. The highest BCUT2D eigenvalue weighted by Crippen LogP contribution is 2.28. The zero-order valence-corrected chi connectivity index (χ0v) is 14.2. The van der Waals surface area contributed by atoms with Crippen LogP contribution in [-0.2, 0) is 5.88 Å². The predicted octanol–water partition coefficient (Wildman–Crippen LogP) is 4.51. The molecule has 0 radical (unpaired) electrons. The maximum atomic E-state index is 12.3. The molecule has 1 N–H and O–H groups in total. The smallest absolute Gasteiger partial charge is 0.255 e. The lowest BCUT2D eigenvalue weighted by Crippen LogP contribution is -2.16. The zero-order valence-electron chi connectivity index (χ0n) is 11.9. The fourth-order valence-electron chi connectivity index (χ4n) is 1.94. The number of amides is 1. The number of hydrogen-bond donors (Lipinski definition) is 1. The van der Waals surface area contributed by atoms with Crippen molar-refractivity contribution in [3.8, 4) is 0 Å². The molecule has 110 valence electrons. The lowest BCUT2D eigenvalue weighted by molar-refractivity contribution is 0.102. The van der Waals surface area contributed by atoms with Crippen molar-refractivity contribution in [2.24, 2.45) is 0 Å². The van der Waals surface area contributed by atoms with E-state index in [0.717, 1.165) is 21.4 Å². The highest BCUT2D eigenvalue weighted by molar-refractivity contribution is 9.10. The standard InChI is InChI=1S/C16H16BrClN2O/c1-20(2)15-8-7-13(17)9-14(15)19-16(21)12-5-3-11(10-18)4-6-12/h3-9H,10H2,1-2H3,(H,19,21). The van der Waals surface area contributed by atoms with Gasteiger partial charge in [-0.1, -0.05) is 28.1 Å². The molecule has 0 aliphatic rings. The van der Waals surface area contributed by atoms with Gasteiger partial charge in [0.05, 0.1) is 11.4 Å². The van der Waals surface area contributed by atoms with E-state index in [1.807, 2.05) is 49.3 Å². The second-order valence-electron chi connectivity index (χ2n) is 4.84. The van der Waals surface area contributed by atoms with E-state index in [2.05, 4.69) is 21.2 Å². The van der Waals surface area contributed by atoms with Crippen molar-refractivity contribution >= 4 is 44.8 Å². The molecule has 0 atom stereocenters. The van der Waals surface area contributed by atoms with Crippen LogP contribution >= 0.6 is 27.5 Å². The topological polar surface area (TPSA) is 32.3 Å². The summed E-state index contributed by atoms with van der Waals surface area (Å²) >= 11 is 9.18. The first-order valence-corrected chi connectivity index (χ1v) is 7.77. The molecule has 2 aromatic rings. The number of rotatable bonds is 4. The van der Waals surface area contributed by atoms with Crippen molar-refractivity contribution in [1.29, 1.82) is 0 Å². The molecule has 2 rings (SSSR count). The first-order chi connectivity index (χ1) is 10.0. The molecule has 5 heteroatoms. The number of alkyl halides is 1. The summed E-state index contributed by atoms with van der Waals surface area (Å²) < 4.78 is 0.917. The maximum absolute atomic E-state index is 12.3. The van der Waals surface area contributed by atoms with Crippen LogP contribution in [0.4, 0.5) is 11.4 Å². The molecule has 0 fully saturated rings. The zero-order chi connectivity index (χ0) is 15.4. The first-order valence-electron chi connectivity index (χ1n) is 6.44. The molecule has 3 nitrogen and oxygen atoms in total. The van der Waals surface area contributed by atoms with Gasteiger partial charge in [-0.05, 0) is 35.9 Å². The molecule has 0 heterocycles. The average Bonchev–Trinajstić information content (AvgIpc) is 2.47. The Hall–Kier alpha value is -1.52. The van der Waals surface area contributed by atoms with E-state index >= 15 is 0 Å². The third-order valence-electron chi connectivity index (χ3n) is 3.06. The Kier molecular flexibility index (Phi) is 5.26. The second kappa shape index (κ2) is 6.96. The van der Waals surface area contributed by atoms with Crippen LogP contribution < -0.4 is 10.2 Å². The monoisotopic (exact) mass is 366 g/mol. The van der Waals surface area contributed by atoms with Gasteiger partial charge in [0.2, 0.25) is 0 Å². The summed E-state index contributed by atoms with van der Waals surface area (Å²) in [4.78, 5) is 14.3. The number of benzene rings is 2. The third kappa shape index (κ3) is 3.99. The Labute approximate surface area is 138 Å². The molecule has 0 spiro atoms. The van der Waals surface area contributed by atoms with Crippen LogP contribution in [0.2, 0.25) is 0 Å². The summed E-state index contributed by atoms with van der Waals surface area (Å²) in [6.45, 7) is 0. The molecule has 21 heavy (non-hydrogen) atoms. The highest BCUT2D eigenvalue weighted by atomic mass is 79.9. The van der Waals surface area contributed by atoms with Gasteiger partial charge in [0, 0.05) is 30.0 Å². The Bertz CT molecular complexity index is 641. The minimum atomic E-state index is -0.141. The van der Waals surface area contributed by atoms with Gasteiger partial charge in [-0.3, -0.25) is 4.79 Å². The van der Waals surface area contributed by atoms with Crippen molar-refractivity contribution in [3.63, 3.8) is 0 Å². The van der Waals surface area contributed by atoms with Crippen LogP contribution in [0.15, 0.2) is 46.9 Å². The normalized spacial score (nSPS) is 10.3. The molecule has 0 bridgehead atoms. The van der Waals surface area contributed by atoms with Crippen LogP contribution in [0.3, 0.4) is 0 Å². The van der Waals surface area contributed by atoms with Gasteiger partial charge >= 0.3 is 0 Å². The summed E-state index contributed by atoms with van der Waals surface area (Å²) in [6, 6.07) is 13.1. The van der Waals surface area contributed by atoms with Gasteiger partial charge in [0.1, 0.15) is 0 Å². The van der Waals surface area contributed by atoms with E-state index in [1.54, 1.807) is 12.1 Å². The van der Waals surface area contributed by atoms with E-state index < -0.39 is 0 Å². The van der Waals surface area contributed by atoms with E-state index in [1.165, 1.54) is 0 Å². The van der Waals surface area contributed by atoms with Crippen molar-refractivity contribution in [1.82, 2.24) is 0 Å². The van der Waals surface area contributed by atoms with Gasteiger partial charge in [0.25, 0.3) is 5.91 Å². The molecule has 0 saturated carbocycles. The Morgan fingerprint density at radius 2 is 1.86 bits per heavy atom. The van der Waals surface area contributed by atoms with Gasteiger partial charge in [-0.2, -0.15) is 0 Å². The molecule has 2 aromatic carbocycles. The molecule has 0 saturated heterocycles. The molecule has 0 aromatic heterocycles. The summed E-state index contributed by atoms with van der Waals surface area (Å²) in [5, 5.41) is 2.94. The number of nitrogens with one attached hydrogen (secondary N) is 1. The van der Waals surface area contributed by atoms with Gasteiger partial charge < -0.3 is 10.2 Å². The molecule has 1 amide bonds. The maximum Gasteiger partial charge on any atom is 0.255 e. The Morgan fingerprint density at radius 3 is 2.43 bits per heavy atom. The molecular weight excluding hydrogens is 352 g/mol. The molecule has 0 aliphatic heterocycles. The van der Waals surface area contributed by atoms with Crippen molar-refractivity contribution in [2.75, 3.05) is 24.3 Å². The third-order valence-corrected chi connectivity index (χ3v) is 3.86. The summed E-state index contributed by atoms with van der Waals surface area (Å²) in [7, 11) is 3.88. The van der Waals surface area contributed by atoms with Crippen LogP contribution in [0.5, 0.6) is 0 Å². The number of anilines is 2. The van der Waals surface area contributed by atoms with Gasteiger partial charge in [0.15, 0.2) is 0 Å². The lowest BCUT2D eigenvalue weighted by Gasteiger charge is -2.18. The SMILES string of the molecule is CN(C)c1ccc(Br)cc1NC(=O)c1ccc(CCl)cc1. The van der Waals surface area contributed by atoms with Crippen LogP contribution in [-0.4, -0.2) is 20.0 Å². The fraction of sp³-hybridized carbons (Fsp3) is 0.188. The molecule has 0 unspecified atom stereocenters. The largest absolute Gasteiger partial charge is 0.376 e. The van der Waals surface area contributed by atoms with E-state index in [0.29, 0.717) is 11.4 Å². The fourth-order valence-corrected chi connectivity index (χ4v) is 2.48. The van der Waals surface area contributed by atoms with Crippen molar-refractivity contribution < 1.29 is 4.79 Å². The van der Waals surface area contributed by atoms with E-state index in [-0.39, 0.29) is 5.91 Å². The second-order valence-corrected chi connectivity index (χ2v) is 6.02. The van der Waals surface area contributed by atoms with Crippen molar-refractivity contribution in [3.05, 3.63) is 58.1 Å². The average molecular weight is 368 g/mol. The van der Waals surface area contributed by atoms with Crippen LogP contribution in [0, 0.1) is 0 Å². The van der Waals surface area contributed by atoms with Crippen LogP contribution in [0.1, 0.15) is 15.9 Å². The number of nitrogens with zero attached hydrogens (tertiary/aromatic N) is 1. The number of carbonyl (C=O) groups is 1. The predicted molar refractivity (Wildman–Crippen MR) is 92.4 cm³/mol. The van der Waals surface area contributed by atoms with E-state index in [4.69, 9.17) is 11.6 Å². The van der Waals surface area contributed by atoms with Gasteiger partial charge in [-0.25, -0.2) is 0 Å². The Morgan fingerprint density at radius 1 is 1.19 bits per heavy atom. The quantitative estimate of drug-likeness (QED) is 0.807. The minimum absolute atomic E-state index is 0.141. The summed E-state index contributed by atoms with van der Waals surface area (Å²) in [5.41, 5.74) is 3.31. The number of hydrogen-bond acceptors (Lipinski definition) is 2. The minimum Gasteiger partial charge on any atom is -0.376 e. The number of carbonyl (C=O) groups excluding carboxylic acids is 1. The Balaban J connectivity index is 2.24. The molecular formula is C16H16BrClN2O. The van der Waals surface area contributed by atoms with Crippen molar-refractivity contribution in [2.45, 2.75) is 5.88 Å². The highest BCUT2D eigenvalue weighted by Gasteiger charge is 2.11. The van der Waals surface area contributed by atoms with Gasteiger partial charge in [-0.15, -0.1) is 11.6 Å². The first kappa shape index (κ1) is 15.9. The molecule has 0 aliphatic carbocycles. The number of halogens is 2. The van der Waals surface area contributed by atoms with E-state index in [9.17, 15) is 4.79 Å².